The fourth-order valence-corrected chi connectivity index (χ4v) is 1.90. The molecular formula is C11H12FN3O3S. The number of nitrogens with one attached hydrogen (secondary N) is 1. The van der Waals surface area contributed by atoms with E-state index >= 15 is 0 Å². The van der Waals surface area contributed by atoms with Crippen LogP contribution in [0.2, 0.25) is 0 Å². The molecule has 0 saturated heterocycles. The normalized spacial score (nSPS) is 11.7. The van der Waals surface area contributed by atoms with Crippen molar-refractivity contribution < 1.29 is 17.3 Å². The van der Waals surface area contributed by atoms with Crippen LogP contribution in [-0.4, -0.2) is 24.3 Å². The predicted octanol–water partition coefficient (Wildman–Crippen LogP) is 1.31. The summed E-state index contributed by atoms with van der Waals surface area (Å²) < 4.78 is 42.6. The molecule has 6 nitrogen and oxygen atoms in total. The van der Waals surface area contributed by atoms with Gasteiger partial charge in [-0.1, -0.05) is 5.16 Å². The fourth-order valence-electron chi connectivity index (χ4n) is 1.32. The van der Waals surface area contributed by atoms with Crippen LogP contribution in [0.15, 0.2) is 28.9 Å². The van der Waals surface area contributed by atoms with Gasteiger partial charge in [-0.2, -0.15) is 0 Å². The second-order valence-corrected chi connectivity index (χ2v) is 5.86. The fraction of sp³-hybridized carbons (Fsp3) is 0.273. The van der Waals surface area contributed by atoms with Crippen molar-refractivity contribution in [1.82, 2.24) is 14.9 Å². The van der Waals surface area contributed by atoms with Gasteiger partial charge in [0.05, 0.1) is 24.2 Å². The van der Waals surface area contributed by atoms with Crippen LogP contribution < -0.4 is 4.72 Å². The van der Waals surface area contributed by atoms with Gasteiger partial charge in [-0.05, 0) is 19.1 Å². The van der Waals surface area contributed by atoms with Gasteiger partial charge in [-0.15, -0.1) is 0 Å². The van der Waals surface area contributed by atoms with E-state index < -0.39 is 15.8 Å². The molecule has 8 heteroatoms. The van der Waals surface area contributed by atoms with Crippen LogP contribution in [0.25, 0.3) is 11.5 Å². The van der Waals surface area contributed by atoms with Crippen molar-refractivity contribution in [3.8, 4) is 11.5 Å². The van der Waals surface area contributed by atoms with Gasteiger partial charge in [0.15, 0.2) is 5.76 Å². The molecular weight excluding hydrogens is 273 g/mol. The monoisotopic (exact) mass is 285 g/mol. The van der Waals surface area contributed by atoms with Crippen molar-refractivity contribution in [2.24, 2.45) is 0 Å². The summed E-state index contributed by atoms with van der Waals surface area (Å²) in [6, 6.07) is 4.26. The van der Waals surface area contributed by atoms with Crippen LogP contribution in [0.4, 0.5) is 4.39 Å². The Morgan fingerprint density at radius 1 is 1.42 bits per heavy atom. The van der Waals surface area contributed by atoms with E-state index in [1.807, 2.05) is 0 Å². The SMILES string of the molecule is CCS(=O)(=O)NCc1cc(-c2ccc(F)cn2)on1. The lowest BCUT2D eigenvalue weighted by atomic mass is 10.2. The van der Waals surface area contributed by atoms with Gasteiger partial charge in [0.2, 0.25) is 10.0 Å². The summed E-state index contributed by atoms with van der Waals surface area (Å²) in [6.45, 7) is 1.58. The van der Waals surface area contributed by atoms with Gasteiger partial charge >= 0.3 is 0 Å². The van der Waals surface area contributed by atoms with Gasteiger partial charge in [0, 0.05) is 6.07 Å². The molecule has 0 bridgehead atoms. The lowest BCUT2D eigenvalue weighted by Crippen LogP contribution is -2.24. The van der Waals surface area contributed by atoms with Crippen molar-refractivity contribution in [1.29, 1.82) is 0 Å². The number of halogens is 1. The van der Waals surface area contributed by atoms with E-state index in [1.165, 1.54) is 12.1 Å². The van der Waals surface area contributed by atoms with Gasteiger partial charge in [-0.3, -0.25) is 0 Å². The third-order valence-electron chi connectivity index (χ3n) is 2.39. The predicted molar refractivity (Wildman–Crippen MR) is 66.0 cm³/mol. The Labute approximate surface area is 109 Å². The summed E-state index contributed by atoms with van der Waals surface area (Å²) in [7, 11) is -3.28. The second-order valence-electron chi connectivity index (χ2n) is 3.77. The molecule has 2 aromatic heterocycles. The zero-order valence-electron chi connectivity index (χ0n) is 10.1. The summed E-state index contributed by atoms with van der Waals surface area (Å²) in [6.07, 6.45) is 1.07. The zero-order chi connectivity index (χ0) is 13.9. The first-order valence-electron chi connectivity index (χ1n) is 5.55. The third kappa shape index (κ3) is 3.58. The van der Waals surface area contributed by atoms with Crippen LogP contribution in [0.5, 0.6) is 0 Å². The minimum absolute atomic E-state index is 0.00275. The van der Waals surface area contributed by atoms with Crippen molar-refractivity contribution in [2.45, 2.75) is 13.5 Å². The van der Waals surface area contributed by atoms with Crippen LogP contribution >= 0.6 is 0 Å². The highest BCUT2D eigenvalue weighted by Crippen LogP contribution is 2.17. The molecule has 0 aliphatic heterocycles. The maximum atomic E-state index is 12.7. The molecule has 2 heterocycles. The Kier molecular flexibility index (Phi) is 3.91. The minimum Gasteiger partial charge on any atom is -0.354 e. The Morgan fingerprint density at radius 3 is 2.84 bits per heavy atom. The smallest absolute Gasteiger partial charge is 0.211 e. The van der Waals surface area contributed by atoms with Crippen LogP contribution in [0.3, 0.4) is 0 Å². The van der Waals surface area contributed by atoms with E-state index in [2.05, 4.69) is 14.9 Å². The van der Waals surface area contributed by atoms with Gasteiger partial charge in [0.1, 0.15) is 11.5 Å². The summed E-state index contributed by atoms with van der Waals surface area (Å²) >= 11 is 0. The number of aromatic nitrogens is 2. The summed E-state index contributed by atoms with van der Waals surface area (Å²) in [5.41, 5.74) is 0.858. The molecule has 0 amide bonds. The number of pyridine rings is 1. The molecule has 0 aliphatic rings. The van der Waals surface area contributed by atoms with Gasteiger partial charge in [-0.25, -0.2) is 22.5 Å². The third-order valence-corrected chi connectivity index (χ3v) is 3.74. The molecule has 0 unspecified atom stereocenters. The number of hydrogen-bond donors (Lipinski definition) is 1. The summed E-state index contributed by atoms with van der Waals surface area (Å²) in [5.74, 6) is -0.0954. The molecule has 1 N–H and O–H groups in total. The number of sulfonamides is 1. The molecule has 0 aromatic carbocycles. The van der Waals surface area contributed by atoms with Crippen LogP contribution in [0.1, 0.15) is 12.6 Å². The molecule has 2 aromatic rings. The maximum Gasteiger partial charge on any atom is 0.211 e. The summed E-state index contributed by atoms with van der Waals surface area (Å²) in [4.78, 5) is 3.84. The molecule has 0 atom stereocenters. The van der Waals surface area contributed by atoms with Crippen molar-refractivity contribution in [3.63, 3.8) is 0 Å². The zero-order valence-corrected chi connectivity index (χ0v) is 10.9. The molecule has 0 fully saturated rings. The quantitative estimate of drug-likeness (QED) is 0.895. The van der Waals surface area contributed by atoms with Crippen LogP contribution in [0, 0.1) is 5.82 Å². The molecule has 102 valence electrons. The van der Waals surface area contributed by atoms with Crippen molar-refractivity contribution in [2.75, 3.05) is 5.75 Å². The Bertz CT molecular complexity index is 652. The molecule has 0 radical (unpaired) electrons. The Morgan fingerprint density at radius 2 is 2.21 bits per heavy atom. The number of rotatable bonds is 5. The average molecular weight is 285 g/mol. The largest absolute Gasteiger partial charge is 0.354 e. The lowest BCUT2D eigenvalue weighted by Gasteiger charge is -1.99. The first-order chi connectivity index (χ1) is 9.00. The Balaban J connectivity index is 2.09. The van der Waals surface area contributed by atoms with Gasteiger partial charge in [0.25, 0.3) is 0 Å². The van der Waals surface area contributed by atoms with Crippen molar-refractivity contribution >= 4 is 10.0 Å². The molecule has 0 aliphatic carbocycles. The molecule has 2 rings (SSSR count). The first-order valence-corrected chi connectivity index (χ1v) is 7.20. The second kappa shape index (κ2) is 5.45. The Hall–Kier alpha value is -1.80. The highest BCUT2D eigenvalue weighted by Gasteiger charge is 2.11. The van der Waals surface area contributed by atoms with E-state index in [0.29, 0.717) is 17.1 Å². The molecule has 0 spiro atoms. The number of nitrogens with zero attached hydrogens (tertiary/aromatic N) is 2. The van der Waals surface area contributed by atoms with E-state index in [1.54, 1.807) is 13.0 Å². The van der Waals surface area contributed by atoms with E-state index in [0.717, 1.165) is 6.20 Å². The molecule has 0 saturated carbocycles. The van der Waals surface area contributed by atoms with E-state index in [9.17, 15) is 12.8 Å². The number of hydrogen-bond acceptors (Lipinski definition) is 5. The maximum absolute atomic E-state index is 12.7. The summed E-state index contributed by atoms with van der Waals surface area (Å²) in [5, 5.41) is 3.72. The standard InChI is InChI=1S/C11H12FN3O3S/c1-2-19(16,17)14-7-9-5-11(18-15-9)10-4-3-8(12)6-13-10/h3-6,14H,2,7H2,1H3. The van der Waals surface area contributed by atoms with Crippen molar-refractivity contribution in [3.05, 3.63) is 35.9 Å². The topological polar surface area (TPSA) is 85.1 Å². The highest BCUT2D eigenvalue weighted by atomic mass is 32.2. The van der Waals surface area contributed by atoms with Gasteiger partial charge < -0.3 is 4.52 Å². The lowest BCUT2D eigenvalue weighted by molar-refractivity contribution is 0.421. The van der Waals surface area contributed by atoms with E-state index in [4.69, 9.17) is 4.52 Å². The average Bonchev–Trinajstić information content (AvgIpc) is 2.86. The minimum atomic E-state index is -3.28. The first kappa shape index (κ1) is 13.6. The van der Waals surface area contributed by atoms with E-state index in [-0.39, 0.29) is 12.3 Å². The molecule has 19 heavy (non-hydrogen) atoms. The van der Waals surface area contributed by atoms with Crippen LogP contribution in [-0.2, 0) is 16.6 Å². The highest BCUT2D eigenvalue weighted by molar-refractivity contribution is 7.89.